The molecular weight excluding hydrogens is 188 g/mol. The summed E-state index contributed by atoms with van der Waals surface area (Å²) in [5.41, 5.74) is 0. The molecule has 0 aromatic rings. The Balaban J connectivity index is 3.46. The summed E-state index contributed by atoms with van der Waals surface area (Å²) >= 11 is 1.75. The Morgan fingerprint density at radius 2 is 2.31 bits per heavy atom. The van der Waals surface area contributed by atoms with Gasteiger partial charge in [0.2, 0.25) is 12.3 Å². The van der Waals surface area contributed by atoms with Crippen LogP contribution in [0, 0.1) is 0 Å². The van der Waals surface area contributed by atoms with Crippen molar-refractivity contribution in [1.82, 2.24) is 10.6 Å². The van der Waals surface area contributed by atoms with Crippen molar-refractivity contribution in [2.75, 3.05) is 18.6 Å². The van der Waals surface area contributed by atoms with Gasteiger partial charge in [0.25, 0.3) is 0 Å². The molecular formula is C8H16N2O2S. The van der Waals surface area contributed by atoms with Gasteiger partial charge >= 0.3 is 0 Å². The van der Waals surface area contributed by atoms with E-state index in [0.29, 0.717) is 6.41 Å². The number of thioether (sulfide) groups is 1. The lowest BCUT2D eigenvalue weighted by molar-refractivity contribution is -0.122. The van der Waals surface area contributed by atoms with E-state index in [4.69, 9.17) is 0 Å². The molecule has 13 heavy (non-hydrogen) atoms. The molecule has 1 unspecified atom stereocenters. The molecule has 0 aromatic carbocycles. The van der Waals surface area contributed by atoms with Crippen molar-refractivity contribution in [3.63, 3.8) is 0 Å². The Morgan fingerprint density at radius 1 is 1.62 bits per heavy atom. The third kappa shape index (κ3) is 7.64. The van der Waals surface area contributed by atoms with E-state index in [1.54, 1.807) is 11.8 Å². The van der Waals surface area contributed by atoms with Gasteiger partial charge in [-0.15, -0.1) is 0 Å². The van der Waals surface area contributed by atoms with Crippen LogP contribution in [0.5, 0.6) is 0 Å². The van der Waals surface area contributed by atoms with Crippen LogP contribution in [0.2, 0.25) is 0 Å². The van der Waals surface area contributed by atoms with E-state index in [1.807, 2.05) is 13.2 Å². The Morgan fingerprint density at radius 3 is 2.85 bits per heavy atom. The fourth-order valence-electron chi connectivity index (χ4n) is 0.827. The molecule has 76 valence electrons. The summed E-state index contributed by atoms with van der Waals surface area (Å²) < 4.78 is 0. The van der Waals surface area contributed by atoms with Gasteiger partial charge in [-0.05, 0) is 25.4 Å². The van der Waals surface area contributed by atoms with Gasteiger partial charge in [-0.2, -0.15) is 11.8 Å². The number of rotatable bonds is 7. The number of nitrogens with one attached hydrogen (secondary N) is 2. The summed E-state index contributed by atoms with van der Waals surface area (Å²) in [5, 5.41) is 5.09. The molecule has 0 bridgehead atoms. The lowest BCUT2D eigenvalue weighted by atomic mass is 10.2. The quantitative estimate of drug-likeness (QED) is 0.573. The maximum atomic E-state index is 11.0. The average Bonchev–Trinajstić information content (AvgIpc) is 2.11. The second-order valence-corrected chi connectivity index (χ2v) is 3.73. The SMILES string of the molecule is CSCCC(C)NC(=O)CNC=O. The van der Waals surface area contributed by atoms with Crippen LogP contribution in [0.4, 0.5) is 0 Å². The predicted octanol–water partition coefficient (Wildman–Crippen LogP) is -0.00980. The number of carbonyl (C=O) groups excluding carboxylic acids is 2. The van der Waals surface area contributed by atoms with Gasteiger partial charge in [0.05, 0.1) is 6.54 Å². The van der Waals surface area contributed by atoms with Gasteiger partial charge in [-0.3, -0.25) is 9.59 Å². The van der Waals surface area contributed by atoms with Gasteiger partial charge in [-0.25, -0.2) is 0 Å². The molecule has 0 radical (unpaired) electrons. The molecule has 5 heteroatoms. The molecule has 0 saturated carbocycles. The first kappa shape index (κ1) is 12.3. The molecule has 0 aliphatic heterocycles. The molecule has 0 fully saturated rings. The van der Waals surface area contributed by atoms with Crippen molar-refractivity contribution in [2.45, 2.75) is 19.4 Å². The van der Waals surface area contributed by atoms with Crippen LogP contribution in [0.3, 0.4) is 0 Å². The monoisotopic (exact) mass is 204 g/mol. The minimum atomic E-state index is -0.138. The largest absolute Gasteiger partial charge is 0.352 e. The lowest BCUT2D eigenvalue weighted by Gasteiger charge is -2.12. The summed E-state index contributed by atoms with van der Waals surface area (Å²) in [6.45, 7) is 2.02. The molecule has 0 rings (SSSR count). The maximum absolute atomic E-state index is 11.0. The minimum absolute atomic E-state index is 0.0626. The zero-order valence-corrected chi connectivity index (χ0v) is 8.82. The second kappa shape index (κ2) is 7.91. The molecule has 2 N–H and O–H groups in total. The molecule has 0 heterocycles. The Hall–Kier alpha value is -0.710. The van der Waals surface area contributed by atoms with Crippen LogP contribution >= 0.6 is 11.8 Å². The minimum Gasteiger partial charge on any atom is -0.352 e. The standard InChI is InChI=1S/C8H16N2O2S/c1-7(3-4-13-2)10-8(12)5-9-6-11/h6-7H,3-5H2,1-2H3,(H,9,11)(H,10,12). The van der Waals surface area contributed by atoms with Crippen molar-refractivity contribution in [1.29, 1.82) is 0 Å². The van der Waals surface area contributed by atoms with Crippen molar-refractivity contribution >= 4 is 24.1 Å². The molecule has 4 nitrogen and oxygen atoms in total. The smallest absolute Gasteiger partial charge is 0.239 e. The Kier molecular flexibility index (Phi) is 7.48. The first-order valence-electron chi connectivity index (χ1n) is 4.16. The van der Waals surface area contributed by atoms with Gasteiger partial charge in [-0.1, -0.05) is 0 Å². The number of amides is 2. The zero-order chi connectivity index (χ0) is 10.1. The van der Waals surface area contributed by atoms with Gasteiger partial charge in [0.15, 0.2) is 0 Å². The second-order valence-electron chi connectivity index (χ2n) is 2.75. The third-order valence-electron chi connectivity index (χ3n) is 1.51. The summed E-state index contributed by atoms with van der Waals surface area (Å²) in [5.74, 6) is 0.892. The fraction of sp³-hybridized carbons (Fsp3) is 0.750. The first-order chi connectivity index (χ1) is 6.20. The summed E-state index contributed by atoms with van der Waals surface area (Å²) in [6, 6.07) is 0.174. The molecule has 0 saturated heterocycles. The van der Waals surface area contributed by atoms with Crippen LogP contribution in [-0.4, -0.2) is 36.9 Å². The molecule has 2 amide bonds. The number of hydrogen-bond donors (Lipinski definition) is 2. The molecule has 0 spiro atoms. The van der Waals surface area contributed by atoms with E-state index in [9.17, 15) is 9.59 Å². The Labute approximate surface area is 82.8 Å². The van der Waals surface area contributed by atoms with E-state index < -0.39 is 0 Å². The van der Waals surface area contributed by atoms with Crippen molar-refractivity contribution < 1.29 is 9.59 Å². The van der Waals surface area contributed by atoms with Crippen molar-refractivity contribution in [2.24, 2.45) is 0 Å². The van der Waals surface area contributed by atoms with Crippen LogP contribution in [0.25, 0.3) is 0 Å². The first-order valence-corrected chi connectivity index (χ1v) is 5.55. The highest BCUT2D eigenvalue weighted by molar-refractivity contribution is 7.98. The highest BCUT2D eigenvalue weighted by Gasteiger charge is 2.05. The van der Waals surface area contributed by atoms with Crippen LogP contribution < -0.4 is 10.6 Å². The van der Waals surface area contributed by atoms with Crippen molar-refractivity contribution in [3.8, 4) is 0 Å². The third-order valence-corrected chi connectivity index (χ3v) is 2.15. The summed E-state index contributed by atoms with van der Waals surface area (Å²) in [7, 11) is 0. The highest BCUT2D eigenvalue weighted by atomic mass is 32.2. The van der Waals surface area contributed by atoms with Crippen molar-refractivity contribution in [3.05, 3.63) is 0 Å². The summed E-state index contributed by atoms with van der Waals surface area (Å²) in [6.07, 6.45) is 3.50. The molecule has 1 atom stereocenters. The molecule has 0 aliphatic rings. The molecule has 0 aliphatic carbocycles. The average molecular weight is 204 g/mol. The summed E-state index contributed by atoms with van der Waals surface area (Å²) in [4.78, 5) is 20.9. The van der Waals surface area contributed by atoms with E-state index in [0.717, 1.165) is 12.2 Å². The van der Waals surface area contributed by atoms with Crippen LogP contribution in [0.1, 0.15) is 13.3 Å². The van der Waals surface area contributed by atoms with Crippen LogP contribution in [-0.2, 0) is 9.59 Å². The van der Waals surface area contributed by atoms with Gasteiger partial charge in [0.1, 0.15) is 0 Å². The Bertz CT molecular complexity index is 164. The predicted molar refractivity (Wildman–Crippen MR) is 54.7 cm³/mol. The lowest BCUT2D eigenvalue weighted by Crippen LogP contribution is -2.38. The molecule has 0 aromatic heterocycles. The van der Waals surface area contributed by atoms with Gasteiger partial charge in [0, 0.05) is 6.04 Å². The zero-order valence-electron chi connectivity index (χ0n) is 8.00. The number of hydrogen-bond acceptors (Lipinski definition) is 3. The normalized spacial score (nSPS) is 11.8. The van der Waals surface area contributed by atoms with E-state index in [2.05, 4.69) is 10.6 Å². The van der Waals surface area contributed by atoms with E-state index in [1.165, 1.54) is 0 Å². The number of carbonyl (C=O) groups is 2. The van der Waals surface area contributed by atoms with E-state index >= 15 is 0 Å². The maximum Gasteiger partial charge on any atom is 0.239 e. The highest BCUT2D eigenvalue weighted by Crippen LogP contribution is 1.99. The van der Waals surface area contributed by atoms with Crippen LogP contribution in [0.15, 0.2) is 0 Å². The van der Waals surface area contributed by atoms with E-state index in [-0.39, 0.29) is 18.5 Å². The van der Waals surface area contributed by atoms with Gasteiger partial charge < -0.3 is 10.6 Å². The fourth-order valence-corrected chi connectivity index (χ4v) is 1.42. The topological polar surface area (TPSA) is 58.2 Å².